The Labute approximate surface area is 197 Å². The normalized spacial score (nSPS) is 15.5. The fourth-order valence-electron chi connectivity index (χ4n) is 4.57. The van der Waals surface area contributed by atoms with Gasteiger partial charge in [-0.15, -0.1) is 0 Å². The Morgan fingerprint density at radius 1 is 0.971 bits per heavy atom. The van der Waals surface area contributed by atoms with E-state index < -0.39 is 28.9 Å². The quantitative estimate of drug-likeness (QED) is 0.600. The van der Waals surface area contributed by atoms with Gasteiger partial charge in [0.1, 0.15) is 17.3 Å². The average Bonchev–Trinajstić information content (AvgIpc) is 2.83. The van der Waals surface area contributed by atoms with E-state index in [1.807, 2.05) is 35.2 Å². The zero-order chi connectivity index (χ0) is 24.4. The molecule has 2 aromatic carbocycles. The first kappa shape index (κ1) is 23.9. The first-order valence-electron chi connectivity index (χ1n) is 11.6. The van der Waals surface area contributed by atoms with E-state index in [4.69, 9.17) is 5.73 Å². The van der Waals surface area contributed by atoms with Crippen molar-refractivity contribution in [1.82, 2.24) is 9.13 Å². The standard InChI is InChI=1S/C26H30F2N4O2/c1-17-11-13-30(14-12-17)24-18(2)31(15-20-21(27)9-6-10-22(20)28)26(34)32(25(24)33)16-23(29)19-7-4-3-5-8-19/h3-10,17,23H,11-16,29H2,1-2H3. The Hall–Kier alpha value is -3.26. The fourth-order valence-corrected chi connectivity index (χ4v) is 4.57. The smallest absolute Gasteiger partial charge is 0.331 e. The second-order valence-electron chi connectivity index (χ2n) is 9.11. The zero-order valence-electron chi connectivity index (χ0n) is 19.5. The third-order valence-electron chi connectivity index (χ3n) is 6.74. The van der Waals surface area contributed by atoms with Gasteiger partial charge in [-0.3, -0.25) is 13.9 Å². The number of nitrogens with two attached hydrogens (primary N) is 1. The van der Waals surface area contributed by atoms with Gasteiger partial charge in [0.25, 0.3) is 5.56 Å². The van der Waals surface area contributed by atoms with Gasteiger partial charge in [-0.2, -0.15) is 0 Å². The monoisotopic (exact) mass is 468 g/mol. The molecule has 8 heteroatoms. The average molecular weight is 469 g/mol. The highest BCUT2D eigenvalue weighted by Crippen LogP contribution is 2.24. The molecule has 4 rings (SSSR count). The molecule has 180 valence electrons. The Kier molecular flexibility index (Phi) is 6.97. The van der Waals surface area contributed by atoms with E-state index in [2.05, 4.69) is 6.92 Å². The molecule has 0 aliphatic carbocycles. The van der Waals surface area contributed by atoms with Crippen molar-refractivity contribution >= 4 is 5.69 Å². The summed E-state index contributed by atoms with van der Waals surface area (Å²) in [7, 11) is 0. The first-order chi connectivity index (χ1) is 16.3. The Bertz CT molecular complexity index is 1260. The predicted octanol–water partition coefficient (Wildman–Crippen LogP) is 3.58. The van der Waals surface area contributed by atoms with Crippen LogP contribution >= 0.6 is 0 Å². The number of hydrogen-bond donors (Lipinski definition) is 1. The topological polar surface area (TPSA) is 73.3 Å². The first-order valence-corrected chi connectivity index (χ1v) is 11.6. The summed E-state index contributed by atoms with van der Waals surface area (Å²) in [5.74, 6) is -0.930. The number of nitrogens with zero attached hydrogens (tertiary/aromatic N) is 3. The SMILES string of the molecule is Cc1c(N2CCC(C)CC2)c(=O)n(CC(N)c2ccccc2)c(=O)n1Cc1c(F)cccc1F. The van der Waals surface area contributed by atoms with Gasteiger partial charge in [-0.1, -0.05) is 43.3 Å². The highest BCUT2D eigenvalue weighted by Gasteiger charge is 2.26. The Balaban J connectivity index is 1.84. The molecule has 0 spiro atoms. The van der Waals surface area contributed by atoms with Crippen LogP contribution in [0.1, 0.15) is 42.6 Å². The van der Waals surface area contributed by atoms with Crippen LogP contribution in [-0.4, -0.2) is 22.2 Å². The van der Waals surface area contributed by atoms with Gasteiger partial charge in [-0.25, -0.2) is 13.6 Å². The lowest BCUT2D eigenvalue weighted by Gasteiger charge is -2.33. The van der Waals surface area contributed by atoms with E-state index in [-0.39, 0.29) is 18.7 Å². The van der Waals surface area contributed by atoms with Gasteiger partial charge >= 0.3 is 5.69 Å². The second kappa shape index (κ2) is 9.93. The summed E-state index contributed by atoms with van der Waals surface area (Å²) in [4.78, 5) is 29.1. The summed E-state index contributed by atoms with van der Waals surface area (Å²) < 4.78 is 31.3. The molecule has 0 saturated carbocycles. The summed E-state index contributed by atoms with van der Waals surface area (Å²) in [6, 6.07) is 12.2. The lowest BCUT2D eigenvalue weighted by molar-refractivity contribution is 0.431. The van der Waals surface area contributed by atoms with Crippen molar-refractivity contribution in [3.8, 4) is 0 Å². The van der Waals surface area contributed by atoms with Gasteiger partial charge < -0.3 is 10.6 Å². The minimum absolute atomic E-state index is 0.0427. The molecule has 3 aromatic rings. The van der Waals surface area contributed by atoms with E-state index in [0.717, 1.165) is 35.1 Å². The number of aromatic nitrogens is 2. The van der Waals surface area contributed by atoms with Crippen LogP contribution in [0.5, 0.6) is 0 Å². The summed E-state index contributed by atoms with van der Waals surface area (Å²) in [6.45, 7) is 4.82. The van der Waals surface area contributed by atoms with Crippen molar-refractivity contribution in [2.75, 3.05) is 18.0 Å². The highest BCUT2D eigenvalue weighted by molar-refractivity contribution is 5.49. The molecule has 2 N–H and O–H groups in total. The minimum atomic E-state index is -0.738. The number of anilines is 1. The Morgan fingerprint density at radius 2 is 1.59 bits per heavy atom. The van der Waals surface area contributed by atoms with Crippen molar-refractivity contribution in [3.63, 3.8) is 0 Å². The maximum Gasteiger partial charge on any atom is 0.331 e. The number of piperidine rings is 1. The third-order valence-corrected chi connectivity index (χ3v) is 6.74. The molecule has 1 unspecified atom stereocenters. The van der Waals surface area contributed by atoms with Crippen molar-refractivity contribution in [3.05, 3.63) is 97.8 Å². The minimum Gasteiger partial charge on any atom is -0.366 e. The van der Waals surface area contributed by atoms with Crippen LogP contribution in [0.3, 0.4) is 0 Å². The van der Waals surface area contributed by atoms with Crippen LogP contribution in [0.4, 0.5) is 14.5 Å². The van der Waals surface area contributed by atoms with Crippen molar-refractivity contribution < 1.29 is 8.78 Å². The number of benzene rings is 2. The van der Waals surface area contributed by atoms with Crippen LogP contribution in [0.15, 0.2) is 58.1 Å². The third kappa shape index (κ3) is 4.68. The van der Waals surface area contributed by atoms with E-state index in [9.17, 15) is 18.4 Å². The maximum atomic E-state index is 14.5. The molecule has 0 radical (unpaired) electrons. The Morgan fingerprint density at radius 3 is 2.21 bits per heavy atom. The van der Waals surface area contributed by atoms with Crippen LogP contribution in [-0.2, 0) is 13.1 Å². The summed E-state index contributed by atoms with van der Waals surface area (Å²) >= 11 is 0. The molecular weight excluding hydrogens is 438 g/mol. The van der Waals surface area contributed by atoms with Gasteiger partial charge in [0.05, 0.1) is 13.1 Å². The van der Waals surface area contributed by atoms with E-state index >= 15 is 0 Å². The van der Waals surface area contributed by atoms with Crippen LogP contribution in [0.2, 0.25) is 0 Å². The molecule has 6 nitrogen and oxygen atoms in total. The van der Waals surface area contributed by atoms with Gasteiger partial charge in [0, 0.05) is 30.4 Å². The molecule has 34 heavy (non-hydrogen) atoms. The van der Waals surface area contributed by atoms with E-state index in [0.29, 0.717) is 30.4 Å². The second-order valence-corrected chi connectivity index (χ2v) is 9.11. The highest BCUT2D eigenvalue weighted by atomic mass is 19.1. The zero-order valence-corrected chi connectivity index (χ0v) is 19.5. The molecule has 1 saturated heterocycles. The van der Waals surface area contributed by atoms with E-state index in [1.165, 1.54) is 10.6 Å². The van der Waals surface area contributed by atoms with Crippen molar-refractivity contribution in [2.45, 2.75) is 45.8 Å². The molecule has 1 aromatic heterocycles. The summed E-state index contributed by atoms with van der Waals surface area (Å²) in [5, 5.41) is 0. The molecular formula is C26H30F2N4O2. The number of halogens is 2. The molecule has 1 fully saturated rings. The van der Waals surface area contributed by atoms with Crippen molar-refractivity contribution in [1.29, 1.82) is 0 Å². The van der Waals surface area contributed by atoms with Crippen molar-refractivity contribution in [2.24, 2.45) is 11.7 Å². The van der Waals surface area contributed by atoms with Gasteiger partial charge in [-0.05, 0) is 43.4 Å². The fraction of sp³-hybridized carbons (Fsp3) is 0.385. The lowest BCUT2D eigenvalue weighted by atomic mass is 9.99. The van der Waals surface area contributed by atoms with Crippen LogP contribution < -0.4 is 21.9 Å². The van der Waals surface area contributed by atoms with Gasteiger partial charge in [0.15, 0.2) is 0 Å². The van der Waals surface area contributed by atoms with Crippen LogP contribution in [0.25, 0.3) is 0 Å². The maximum absolute atomic E-state index is 14.5. The predicted molar refractivity (Wildman–Crippen MR) is 129 cm³/mol. The largest absolute Gasteiger partial charge is 0.366 e. The van der Waals surface area contributed by atoms with E-state index in [1.54, 1.807) is 6.92 Å². The molecule has 1 atom stereocenters. The lowest BCUT2D eigenvalue weighted by Crippen LogP contribution is -2.47. The number of hydrogen-bond acceptors (Lipinski definition) is 4. The summed E-state index contributed by atoms with van der Waals surface area (Å²) in [6.07, 6.45) is 1.84. The molecule has 2 heterocycles. The molecule has 0 bridgehead atoms. The number of rotatable bonds is 6. The van der Waals surface area contributed by atoms with Crippen LogP contribution in [0, 0.1) is 24.5 Å². The molecule has 1 aliphatic rings. The molecule has 1 aliphatic heterocycles. The summed E-state index contributed by atoms with van der Waals surface area (Å²) in [5.41, 5.74) is 6.66. The molecule has 0 amide bonds. The van der Waals surface area contributed by atoms with Gasteiger partial charge in [0.2, 0.25) is 0 Å².